The van der Waals surface area contributed by atoms with Gasteiger partial charge in [-0.2, -0.15) is 11.8 Å². The van der Waals surface area contributed by atoms with E-state index < -0.39 is 0 Å². The smallest absolute Gasteiger partial charge is 0.0199 e. The van der Waals surface area contributed by atoms with E-state index in [1.54, 1.807) is 0 Å². The van der Waals surface area contributed by atoms with E-state index in [1.165, 1.54) is 50.7 Å². The van der Waals surface area contributed by atoms with E-state index in [2.05, 4.69) is 18.7 Å². The molecule has 2 unspecified atom stereocenters. The molecule has 2 atom stereocenters. The minimum Gasteiger partial charge on any atom is -0.327 e. The highest BCUT2D eigenvalue weighted by Gasteiger charge is 2.21. The molecule has 0 aromatic rings. The highest BCUT2D eigenvalue weighted by molar-refractivity contribution is 7.99. The lowest BCUT2D eigenvalue weighted by Gasteiger charge is -2.27. The molecule has 2 N–H and O–H groups in total. The standard InChI is InChI=1S/C11H23NS/c1-2-3-6-9-13-11-8-5-4-7-10(11)12/h10-11H,2-9,12H2,1H3. The molecule has 1 fully saturated rings. The monoisotopic (exact) mass is 201 g/mol. The molecule has 1 nitrogen and oxygen atoms in total. The zero-order valence-corrected chi connectivity index (χ0v) is 9.61. The minimum absolute atomic E-state index is 0.486. The van der Waals surface area contributed by atoms with E-state index in [9.17, 15) is 0 Å². The molecule has 0 aliphatic heterocycles. The van der Waals surface area contributed by atoms with Crippen molar-refractivity contribution in [3.63, 3.8) is 0 Å². The van der Waals surface area contributed by atoms with Gasteiger partial charge in [-0.05, 0) is 25.0 Å². The molecule has 0 amide bonds. The fourth-order valence-electron chi connectivity index (χ4n) is 1.92. The maximum atomic E-state index is 6.07. The second kappa shape index (κ2) is 6.72. The largest absolute Gasteiger partial charge is 0.327 e. The fourth-order valence-corrected chi connectivity index (χ4v) is 3.31. The van der Waals surface area contributed by atoms with Gasteiger partial charge in [-0.1, -0.05) is 32.6 Å². The lowest BCUT2D eigenvalue weighted by molar-refractivity contribution is 0.453. The van der Waals surface area contributed by atoms with Gasteiger partial charge in [0.2, 0.25) is 0 Å². The summed E-state index contributed by atoms with van der Waals surface area (Å²) in [5.74, 6) is 1.33. The molecule has 0 spiro atoms. The average molecular weight is 201 g/mol. The molecule has 0 heterocycles. The lowest BCUT2D eigenvalue weighted by Crippen LogP contribution is -2.35. The minimum atomic E-state index is 0.486. The highest BCUT2D eigenvalue weighted by Crippen LogP contribution is 2.28. The Bertz CT molecular complexity index is 127. The van der Waals surface area contributed by atoms with Crippen molar-refractivity contribution in [3.05, 3.63) is 0 Å². The lowest BCUT2D eigenvalue weighted by atomic mass is 9.96. The second-order valence-corrected chi connectivity index (χ2v) is 5.41. The third-order valence-corrected chi connectivity index (χ3v) is 4.37. The molecule has 2 heteroatoms. The van der Waals surface area contributed by atoms with Crippen LogP contribution in [0.2, 0.25) is 0 Å². The molecule has 0 saturated heterocycles. The molecule has 0 aromatic heterocycles. The van der Waals surface area contributed by atoms with E-state index in [1.807, 2.05) is 0 Å². The topological polar surface area (TPSA) is 26.0 Å². The quantitative estimate of drug-likeness (QED) is 0.691. The van der Waals surface area contributed by atoms with E-state index in [-0.39, 0.29) is 0 Å². The first kappa shape index (κ1) is 11.4. The first-order chi connectivity index (χ1) is 6.34. The first-order valence-electron chi connectivity index (χ1n) is 5.71. The van der Waals surface area contributed by atoms with Gasteiger partial charge in [-0.15, -0.1) is 0 Å². The van der Waals surface area contributed by atoms with Gasteiger partial charge < -0.3 is 5.73 Å². The van der Waals surface area contributed by atoms with Crippen molar-refractivity contribution in [2.45, 2.75) is 63.2 Å². The normalized spacial score (nSPS) is 29.1. The van der Waals surface area contributed by atoms with Crippen molar-refractivity contribution in [2.75, 3.05) is 5.75 Å². The Hall–Kier alpha value is 0.310. The van der Waals surface area contributed by atoms with Crippen LogP contribution in [0.1, 0.15) is 51.9 Å². The molecule has 1 aliphatic rings. The maximum absolute atomic E-state index is 6.07. The first-order valence-corrected chi connectivity index (χ1v) is 6.76. The van der Waals surface area contributed by atoms with Gasteiger partial charge in [0, 0.05) is 11.3 Å². The summed E-state index contributed by atoms with van der Waals surface area (Å²) in [6, 6.07) is 0.486. The fraction of sp³-hybridized carbons (Fsp3) is 1.00. The number of hydrogen-bond acceptors (Lipinski definition) is 2. The SMILES string of the molecule is CCCCCSC1CCCCC1N. The van der Waals surface area contributed by atoms with E-state index >= 15 is 0 Å². The Labute approximate surface area is 86.8 Å². The van der Waals surface area contributed by atoms with Gasteiger partial charge in [-0.3, -0.25) is 0 Å². The number of thioether (sulfide) groups is 1. The summed E-state index contributed by atoms with van der Waals surface area (Å²) in [5.41, 5.74) is 6.07. The zero-order valence-electron chi connectivity index (χ0n) is 8.80. The maximum Gasteiger partial charge on any atom is 0.0199 e. The van der Waals surface area contributed by atoms with E-state index in [0.29, 0.717) is 6.04 Å². The zero-order chi connectivity index (χ0) is 9.52. The summed E-state index contributed by atoms with van der Waals surface area (Å²) >= 11 is 2.12. The Balaban J connectivity index is 2.05. The third kappa shape index (κ3) is 4.37. The van der Waals surface area contributed by atoms with Crippen molar-refractivity contribution >= 4 is 11.8 Å². The number of unbranched alkanes of at least 4 members (excludes halogenated alkanes) is 2. The third-order valence-electron chi connectivity index (χ3n) is 2.83. The molecule has 13 heavy (non-hydrogen) atoms. The van der Waals surface area contributed by atoms with Gasteiger partial charge in [0.1, 0.15) is 0 Å². The number of hydrogen-bond donors (Lipinski definition) is 1. The van der Waals surface area contributed by atoms with Crippen LogP contribution < -0.4 is 5.73 Å². The Kier molecular flexibility index (Phi) is 5.88. The van der Waals surface area contributed by atoms with E-state index in [4.69, 9.17) is 5.73 Å². The predicted octanol–water partition coefficient (Wildman–Crippen LogP) is 3.18. The summed E-state index contributed by atoms with van der Waals surface area (Å²) in [4.78, 5) is 0. The summed E-state index contributed by atoms with van der Waals surface area (Å²) in [6.07, 6.45) is 9.46. The highest BCUT2D eigenvalue weighted by atomic mass is 32.2. The van der Waals surface area contributed by atoms with Crippen LogP contribution in [0.5, 0.6) is 0 Å². The van der Waals surface area contributed by atoms with Crippen LogP contribution in [-0.4, -0.2) is 17.0 Å². The molecule has 1 aliphatic carbocycles. The predicted molar refractivity (Wildman–Crippen MR) is 62.2 cm³/mol. The molecular weight excluding hydrogens is 178 g/mol. The summed E-state index contributed by atoms with van der Waals surface area (Å²) < 4.78 is 0. The molecule has 0 bridgehead atoms. The van der Waals surface area contributed by atoms with Crippen LogP contribution >= 0.6 is 11.8 Å². The van der Waals surface area contributed by atoms with Crippen LogP contribution in [0.15, 0.2) is 0 Å². The van der Waals surface area contributed by atoms with Crippen molar-refractivity contribution in [1.82, 2.24) is 0 Å². The summed E-state index contributed by atoms with van der Waals surface area (Å²) in [7, 11) is 0. The number of nitrogens with two attached hydrogens (primary N) is 1. The van der Waals surface area contributed by atoms with Gasteiger partial charge in [0.05, 0.1) is 0 Å². The van der Waals surface area contributed by atoms with Crippen LogP contribution in [0, 0.1) is 0 Å². The Morgan fingerprint density at radius 2 is 2.00 bits per heavy atom. The van der Waals surface area contributed by atoms with Crippen LogP contribution in [0.25, 0.3) is 0 Å². The molecule has 78 valence electrons. The molecule has 0 radical (unpaired) electrons. The van der Waals surface area contributed by atoms with Crippen molar-refractivity contribution < 1.29 is 0 Å². The molecule has 1 saturated carbocycles. The van der Waals surface area contributed by atoms with Gasteiger partial charge in [0.25, 0.3) is 0 Å². The van der Waals surface area contributed by atoms with Gasteiger partial charge >= 0.3 is 0 Å². The number of rotatable bonds is 5. The van der Waals surface area contributed by atoms with Crippen LogP contribution in [0.4, 0.5) is 0 Å². The van der Waals surface area contributed by atoms with Crippen molar-refractivity contribution in [3.8, 4) is 0 Å². The van der Waals surface area contributed by atoms with Gasteiger partial charge in [0.15, 0.2) is 0 Å². The van der Waals surface area contributed by atoms with Crippen LogP contribution in [-0.2, 0) is 0 Å². The Morgan fingerprint density at radius 1 is 1.23 bits per heavy atom. The molecule has 0 aromatic carbocycles. The van der Waals surface area contributed by atoms with Crippen molar-refractivity contribution in [2.24, 2.45) is 5.73 Å². The van der Waals surface area contributed by atoms with Crippen molar-refractivity contribution in [1.29, 1.82) is 0 Å². The average Bonchev–Trinajstić information content (AvgIpc) is 2.15. The van der Waals surface area contributed by atoms with Crippen LogP contribution in [0.3, 0.4) is 0 Å². The van der Waals surface area contributed by atoms with E-state index in [0.717, 1.165) is 5.25 Å². The van der Waals surface area contributed by atoms with Gasteiger partial charge in [-0.25, -0.2) is 0 Å². The molecule has 1 rings (SSSR count). The molecular formula is C11H23NS. The summed E-state index contributed by atoms with van der Waals surface area (Å²) in [6.45, 7) is 2.26. The Morgan fingerprint density at radius 3 is 2.69 bits per heavy atom. The second-order valence-electron chi connectivity index (χ2n) is 4.06. The summed E-state index contributed by atoms with van der Waals surface area (Å²) in [5, 5.41) is 0.769.